The molecule has 2 aromatic rings. The fourth-order valence-electron chi connectivity index (χ4n) is 2.39. The van der Waals surface area contributed by atoms with Crippen molar-refractivity contribution in [2.24, 2.45) is 0 Å². The van der Waals surface area contributed by atoms with Gasteiger partial charge in [0, 0.05) is 13.1 Å². The van der Waals surface area contributed by atoms with Gasteiger partial charge in [-0.25, -0.2) is 0 Å². The van der Waals surface area contributed by atoms with Crippen LogP contribution < -0.4 is 9.46 Å². The Kier molecular flexibility index (Phi) is 4.31. The molecule has 6 heteroatoms. The molecule has 0 amide bonds. The number of rotatable bonds is 5. The predicted octanol–water partition coefficient (Wildman–Crippen LogP) is 3.23. The first-order valence-corrected chi connectivity index (χ1v) is 8.69. The maximum Gasteiger partial charge on any atom is 0.301 e. The number of para-hydroxylation sites is 3. The highest BCUT2D eigenvalue weighted by Crippen LogP contribution is 2.30. The van der Waals surface area contributed by atoms with Crippen LogP contribution in [0.1, 0.15) is 12.8 Å². The van der Waals surface area contributed by atoms with Gasteiger partial charge in [0.2, 0.25) is 0 Å². The van der Waals surface area contributed by atoms with Gasteiger partial charge in [0.25, 0.3) is 0 Å². The van der Waals surface area contributed by atoms with Gasteiger partial charge in [0.15, 0.2) is 5.75 Å². The molecule has 1 heterocycles. The molecule has 2 aromatic carbocycles. The van der Waals surface area contributed by atoms with Crippen molar-refractivity contribution in [1.29, 1.82) is 0 Å². The number of hydrogen-bond acceptors (Lipinski definition) is 3. The highest BCUT2D eigenvalue weighted by molar-refractivity contribution is 7.90. The summed E-state index contributed by atoms with van der Waals surface area (Å²) < 4.78 is 34.6. The van der Waals surface area contributed by atoms with Gasteiger partial charge in [-0.15, -0.1) is 0 Å². The largest absolute Gasteiger partial charge is 0.455 e. The predicted molar refractivity (Wildman–Crippen MR) is 86.3 cm³/mol. The Labute approximate surface area is 130 Å². The first-order valence-electron chi connectivity index (χ1n) is 7.25. The molecule has 116 valence electrons. The molecule has 0 spiro atoms. The van der Waals surface area contributed by atoms with Gasteiger partial charge in [0.05, 0.1) is 5.69 Å². The molecule has 1 saturated heterocycles. The van der Waals surface area contributed by atoms with E-state index in [0.717, 1.165) is 12.8 Å². The van der Waals surface area contributed by atoms with Crippen molar-refractivity contribution in [1.82, 2.24) is 4.31 Å². The zero-order valence-corrected chi connectivity index (χ0v) is 12.9. The normalized spacial score (nSPS) is 15.6. The summed E-state index contributed by atoms with van der Waals surface area (Å²) in [5, 5.41) is 0. The third-order valence-corrected chi connectivity index (χ3v) is 5.02. The van der Waals surface area contributed by atoms with E-state index in [4.69, 9.17) is 4.74 Å². The van der Waals surface area contributed by atoms with E-state index in [0.29, 0.717) is 30.3 Å². The van der Waals surface area contributed by atoms with Crippen molar-refractivity contribution in [2.75, 3.05) is 17.8 Å². The van der Waals surface area contributed by atoms with E-state index in [1.807, 2.05) is 36.4 Å². The average molecular weight is 318 g/mol. The summed E-state index contributed by atoms with van der Waals surface area (Å²) >= 11 is 0. The van der Waals surface area contributed by atoms with Crippen LogP contribution in [0.5, 0.6) is 11.5 Å². The van der Waals surface area contributed by atoms with Gasteiger partial charge < -0.3 is 4.74 Å². The smallest absolute Gasteiger partial charge is 0.301 e. The van der Waals surface area contributed by atoms with Crippen molar-refractivity contribution < 1.29 is 13.2 Å². The number of benzene rings is 2. The molecule has 0 bridgehead atoms. The second-order valence-corrected chi connectivity index (χ2v) is 6.80. The van der Waals surface area contributed by atoms with Crippen LogP contribution in [-0.4, -0.2) is 25.8 Å². The highest BCUT2D eigenvalue weighted by atomic mass is 32.2. The molecule has 3 rings (SSSR count). The molecule has 1 aliphatic rings. The topological polar surface area (TPSA) is 58.6 Å². The second kappa shape index (κ2) is 6.37. The monoisotopic (exact) mass is 318 g/mol. The number of hydrogen-bond donors (Lipinski definition) is 1. The standard InChI is InChI=1S/C16H18N2O3S/c19-22(20,18-12-6-7-13-18)17-15-10-4-5-11-16(15)21-14-8-2-1-3-9-14/h1-5,8-11,17H,6-7,12-13H2. The van der Waals surface area contributed by atoms with Gasteiger partial charge in [-0.3, -0.25) is 4.72 Å². The first-order chi connectivity index (χ1) is 10.6. The first kappa shape index (κ1) is 14.9. The lowest BCUT2D eigenvalue weighted by atomic mass is 10.3. The summed E-state index contributed by atoms with van der Waals surface area (Å²) in [4.78, 5) is 0. The third kappa shape index (κ3) is 3.40. The molecule has 0 atom stereocenters. The minimum atomic E-state index is -3.52. The lowest BCUT2D eigenvalue weighted by Crippen LogP contribution is -2.33. The zero-order valence-electron chi connectivity index (χ0n) is 12.1. The van der Waals surface area contributed by atoms with Crippen LogP contribution in [0.15, 0.2) is 54.6 Å². The van der Waals surface area contributed by atoms with Crippen molar-refractivity contribution in [3.05, 3.63) is 54.6 Å². The maximum absolute atomic E-state index is 12.4. The molecular weight excluding hydrogens is 300 g/mol. The Morgan fingerprint density at radius 1 is 0.909 bits per heavy atom. The second-order valence-electron chi connectivity index (χ2n) is 5.12. The van der Waals surface area contributed by atoms with Crippen molar-refractivity contribution in [2.45, 2.75) is 12.8 Å². The third-order valence-electron chi connectivity index (χ3n) is 3.50. The number of ether oxygens (including phenoxy) is 1. The van der Waals surface area contributed by atoms with Crippen LogP contribution in [0.2, 0.25) is 0 Å². The summed E-state index contributed by atoms with van der Waals surface area (Å²) in [7, 11) is -3.52. The van der Waals surface area contributed by atoms with E-state index in [1.165, 1.54) is 4.31 Å². The van der Waals surface area contributed by atoms with Crippen LogP contribution in [0.25, 0.3) is 0 Å². The molecule has 0 unspecified atom stereocenters. The van der Waals surface area contributed by atoms with E-state index in [2.05, 4.69) is 4.72 Å². The van der Waals surface area contributed by atoms with E-state index in [1.54, 1.807) is 18.2 Å². The van der Waals surface area contributed by atoms with E-state index in [-0.39, 0.29) is 0 Å². The number of nitrogens with one attached hydrogen (secondary N) is 1. The zero-order chi connectivity index (χ0) is 15.4. The Morgan fingerprint density at radius 3 is 2.27 bits per heavy atom. The van der Waals surface area contributed by atoms with E-state index in [9.17, 15) is 8.42 Å². The lowest BCUT2D eigenvalue weighted by Gasteiger charge is -2.18. The van der Waals surface area contributed by atoms with Gasteiger partial charge >= 0.3 is 10.2 Å². The molecule has 1 N–H and O–H groups in total. The minimum absolute atomic E-state index is 0.443. The summed E-state index contributed by atoms with van der Waals surface area (Å²) in [5.74, 6) is 1.15. The fraction of sp³-hybridized carbons (Fsp3) is 0.250. The van der Waals surface area contributed by atoms with Gasteiger partial charge in [0.1, 0.15) is 5.75 Å². The maximum atomic E-state index is 12.4. The number of nitrogens with zero attached hydrogens (tertiary/aromatic N) is 1. The summed E-state index contributed by atoms with van der Waals surface area (Å²) in [6.07, 6.45) is 1.81. The fourth-order valence-corrected chi connectivity index (χ4v) is 3.70. The molecular formula is C16H18N2O3S. The van der Waals surface area contributed by atoms with Gasteiger partial charge in [-0.1, -0.05) is 30.3 Å². The molecule has 5 nitrogen and oxygen atoms in total. The van der Waals surface area contributed by atoms with Crippen molar-refractivity contribution in [3.8, 4) is 11.5 Å². The molecule has 0 radical (unpaired) electrons. The Hall–Kier alpha value is -2.05. The lowest BCUT2D eigenvalue weighted by molar-refractivity contribution is 0.477. The van der Waals surface area contributed by atoms with E-state index >= 15 is 0 Å². The molecule has 0 aliphatic carbocycles. The van der Waals surface area contributed by atoms with Crippen molar-refractivity contribution >= 4 is 15.9 Å². The highest BCUT2D eigenvalue weighted by Gasteiger charge is 2.26. The van der Waals surface area contributed by atoms with Gasteiger partial charge in [-0.2, -0.15) is 12.7 Å². The molecule has 1 fully saturated rings. The summed E-state index contributed by atoms with van der Waals surface area (Å²) in [6, 6.07) is 16.3. The quantitative estimate of drug-likeness (QED) is 0.921. The van der Waals surface area contributed by atoms with Crippen LogP contribution >= 0.6 is 0 Å². The SMILES string of the molecule is O=S(=O)(Nc1ccccc1Oc1ccccc1)N1CCCC1. The minimum Gasteiger partial charge on any atom is -0.455 e. The van der Waals surface area contributed by atoms with E-state index < -0.39 is 10.2 Å². The average Bonchev–Trinajstić information content (AvgIpc) is 3.05. The summed E-state index contributed by atoms with van der Waals surface area (Å²) in [5.41, 5.74) is 0.443. The molecule has 0 aromatic heterocycles. The Morgan fingerprint density at radius 2 is 1.55 bits per heavy atom. The molecule has 22 heavy (non-hydrogen) atoms. The van der Waals surface area contributed by atoms with Gasteiger partial charge in [-0.05, 0) is 37.1 Å². The number of anilines is 1. The van der Waals surface area contributed by atoms with Crippen LogP contribution in [0.3, 0.4) is 0 Å². The Balaban J connectivity index is 1.82. The van der Waals surface area contributed by atoms with Crippen LogP contribution in [-0.2, 0) is 10.2 Å². The summed E-state index contributed by atoms with van der Waals surface area (Å²) in [6.45, 7) is 1.13. The van der Waals surface area contributed by atoms with Crippen LogP contribution in [0, 0.1) is 0 Å². The molecule has 1 aliphatic heterocycles. The Bertz CT molecular complexity index is 726. The molecule has 0 saturated carbocycles. The van der Waals surface area contributed by atoms with Crippen molar-refractivity contribution in [3.63, 3.8) is 0 Å². The van der Waals surface area contributed by atoms with Crippen LogP contribution in [0.4, 0.5) is 5.69 Å².